The highest BCUT2D eigenvalue weighted by molar-refractivity contribution is 6.30. The molecular formula is C21H20ClN3O3. The zero-order valence-electron chi connectivity index (χ0n) is 15.6. The Morgan fingerprint density at radius 3 is 2.43 bits per heavy atom. The van der Waals surface area contributed by atoms with Crippen LogP contribution in [-0.4, -0.2) is 29.9 Å². The predicted octanol–water partition coefficient (Wildman–Crippen LogP) is 4.25. The fourth-order valence-electron chi connectivity index (χ4n) is 2.59. The van der Waals surface area contributed by atoms with Gasteiger partial charge in [0.05, 0.1) is 27.0 Å². The van der Waals surface area contributed by atoms with Gasteiger partial charge < -0.3 is 14.8 Å². The molecule has 2 aromatic carbocycles. The van der Waals surface area contributed by atoms with Crippen LogP contribution in [0.5, 0.6) is 11.5 Å². The second-order valence-electron chi connectivity index (χ2n) is 5.97. The Labute approximate surface area is 168 Å². The monoisotopic (exact) mass is 397 g/mol. The van der Waals surface area contributed by atoms with Crippen LogP contribution < -0.4 is 14.8 Å². The smallest absolute Gasteiger partial charge is 0.249 e. The van der Waals surface area contributed by atoms with Gasteiger partial charge in [-0.3, -0.25) is 4.79 Å². The lowest BCUT2D eigenvalue weighted by Crippen LogP contribution is -2.13. The maximum atomic E-state index is 12.3. The van der Waals surface area contributed by atoms with E-state index in [1.54, 1.807) is 43.3 Å². The lowest BCUT2D eigenvalue weighted by Gasteiger charge is -2.08. The molecule has 7 heteroatoms. The summed E-state index contributed by atoms with van der Waals surface area (Å²) in [5.41, 5.74) is 1.82. The minimum absolute atomic E-state index is 0.264. The zero-order valence-corrected chi connectivity index (χ0v) is 16.3. The fourth-order valence-corrected chi connectivity index (χ4v) is 2.72. The van der Waals surface area contributed by atoms with Crippen molar-refractivity contribution in [3.63, 3.8) is 0 Å². The molecule has 0 saturated heterocycles. The molecular weight excluding hydrogens is 378 g/mol. The van der Waals surface area contributed by atoms with Crippen LogP contribution in [0, 0.1) is 0 Å². The van der Waals surface area contributed by atoms with Crippen molar-refractivity contribution in [1.29, 1.82) is 0 Å². The van der Waals surface area contributed by atoms with E-state index in [0.717, 1.165) is 11.1 Å². The van der Waals surface area contributed by atoms with E-state index in [4.69, 9.17) is 21.1 Å². The first-order chi connectivity index (χ1) is 13.6. The lowest BCUT2D eigenvalue weighted by atomic mass is 10.2. The number of rotatable bonds is 7. The molecule has 0 atom stereocenters. The molecule has 3 aromatic rings. The molecule has 0 aliphatic carbocycles. The highest BCUT2D eigenvalue weighted by Gasteiger charge is 2.06. The Balaban J connectivity index is 1.68. The number of nitrogens with one attached hydrogen (secondary N) is 1. The van der Waals surface area contributed by atoms with Crippen LogP contribution in [0.3, 0.4) is 0 Å². The molecule has 0 spiro atoms. The van der Waals surface area contributed by atoms with Crippen molar-refractivity contribution < 1.29 is 14.3 Å². The maximum absolute atomic E-state index is 12.3. The molecule has 144 valence electrons. The third-order valence-corrected chi connectivity index (χ3v) is 4.27. The number of carbonyl (C=O) groups excluding carboxylic acids is 1. The molecule has 28 heavy (non-hydrogen) atoms. The number of anilines is 1. The molecule has 0 bridgehead atoms. The Morgan fingerprint density at radius 1 is 1.11 bits per heavy atom. The Hall–Kier alpha value is -3.25. The third-order valence-electron chi connectivity index (χ3n) is 4.01. The highest BCUT2D eigenvalue weighted by Crippen LogP contribution is 2.23. The summed E-state index contributed by atoms with van der Waals surface area (Å²) in [5, 5.41) is 7.78. The summed E-state index contributed by atoms with van der Waals surface area (Å²) in [4.78, 5) is 12.3. The van der Waals surface area contributed by atoms with Crippen LogP contribution in [0.15, 0.2) is 60.8 Å². The van der Waals surface area contributed by atoms with Gasteiger partial charge in [-0.1, -0.05) is 23.7 Å². The van der Waals surface area contributed by atoms with Crippen molar-refractivity contribution in [2.45, 2.75) is 6.54 Å². The maximum Gasteiger partial charge on any atom is 0.249 e. The van der Waals surface area contributed by atoms with E-state index in [1.807, 2.05) is 36.4 Å². The first kappa shape index (κ1) is 19.5. The molecule has 1 heterocycles. The average molecular weight is 398 g/mol. The molecule has 1 amide bonds. The fraction of sp³-hybridized carbons (Fsp3) is 0.143. The number of halogens is 1. The Morgan fingerprint density at radius 2 is 1.79 bits per heavy atom. The van der Waals surface area contributed by atoms with E-state index >= 15 is 0 Å². The van der Waals surface area contributed by atoms with Crippen LogP contribution >= 0.6 is 11.6 Å². The van der Waals surface area contributed by atoms with Gasteiger partial charge in [-0.2, -0.15) is 5.10 Å². The van der Waals surface area contributed by atoms with E-state index in [2.05, 4.69) is 10.4 Å². The molecule has 0 aliphatic rings. The third kappa shape index (κ3) is 5.14. The number of aromatic nitrogens is 2. The summed E-state index contributed by atoms with van der Waals surface area (Å²) < 4.78 is 12.2. The van der Waals surface area contributed by atoms with Crippen molar-refractivity contribution in [2.24, 2.45) is 0 Å². The van der Waals surface area contributed by atoms with Gasteiger partial charge in [0.25, 0.3) is 0 Å². The highest BCUT2D eigenvalue weighted by atomic mass is 35.5. The number of carbonyl (C=O) groups is 1. The summed E-state index contributed by atoms with van der Waals surface area (Å²) in [5.74, 6) is 1.65. The van der Waals surface area contributed by atoms with Gasteiger partial charge in [-0.25, -0.2) is 4.68 Å². The topological polar surface area (TPSA) is 65.4 Å². The molecule has 1 aromatic heterocycles. The first-order valence-corrected chi connectivity index (χ1v) is 8.93. The van der Waals surface area contributed by atoms with Gasteiger partial charge in [-0.15, -0.1) is 0 Å². The number of amides is 1. The Bertz CT molecular complexity index is 959. The summed E-state index contributed by atoms with van der Waals surface area (Å²) in [6.07, 6.45) is 4.79. The van der Waals surface area contributed by atoms with E-state index in [1.165, 1.54) is 6.08 Å². The van der Waals surface area contributed by atoms with Crippen molar-refractivity contribution in [3.05, 3.63) is 77.0 Å². The van der Waals surface area contributed by atoms with Crippen LogP contribution in [-0.2, 0) is 11.3 Å². The van der Waals surface area contributed by atoms with Crippen LogP contribution in [0.25, 0.3) is 6.08 Å². The summed E-state index contributed by atoms with van der Waals surface area (Å²) in [7, 11) is 3.16. The lowest BCUT2D eigenvalue weighted by molar-refractivity contribution is -0.111. The van der Waals surface area contributed by atoms with Gasteiger partial charge >= 0.3 is 0 Å². The second kappa shape index (κ2) is 9.10. The molecule has 3 rings (SSSR count). The summed E-state index contributed by atoms with van der Waals surface area (Å²) in [6.45, 7) is 0.524. The van der Waals surface area contributed by atoms with Crippen molar-refractivity contribution in [2.75, 3.05) is 19.5 Å². The Kier molecular flexibility index (Phi) is 6.34. The molecule has 1 N–H and O–H groups in total. The SMILES string of the molecule is COc1cc(/C=C/C(=O)Nc2ccnn2Cc2ccc(Cl)cc2)cc(OC)c1. The first-order valence-electron chi connectivity index (χ1n) is 8.56. The normalized spacial score (nSPS) is 10.8. The van der Waals surface area contributed by atoms with Crippen molar-refractivity contribution >= 4 is 29.4 Å². The van der Waals surface area contributed by atoms with E-state index in [9.17, 15) is 4.79 Å². The van der Waals surface area contributed by atoms with Gasteiger partial charge in [0, 0.05) is 23.2 Å². The summed E-state index contributed by atoms with van der Waals surface area (Å²) in [6, 6.07) is 14.6. The molecule has 0 unspecified atom stereocenters. The molecule has 0 radical (unpaired) electrons. The van der Waals surface area contributed by atoms with Gasteiger partial charge in [0.15, 0.2) is 0 Å². The number of nitrogens with zero attached hydrogens (tertiary/aromatic N) is 2. The average Bonchev–Trinajstić information content (AvgIpc) is 3.14. The standard InChI is InChI=1S/C21H20ClN3O3/c1-27-18-11-16(12-19(13-18)28-2)5-8-21(26)24-20-9-10-23-25(20)14-15-3-6-17(22)7-4-15/h3-13H,14H2,1-2H3,(H,24,26)/b8-5+. The van der Waals surface area contributed by atoms with Gasteiger partial charge in [0.2, 0.25) is 5.91 Å². The van der Waals surface area contributed by atoms with E-state index in [0.29, 0.717) is 28.9 Å². The number of hydrogen-bond acceptors (Lipinski definition) is 4. The van der Waals surface area contributed by atoms with Crippen LogP contribution in [0.2, 0.25) is 5.02 Å². The number of benzene rings is 2. The largest absolute Gasteiger partial charge is 0.497 e. The zero-order chi connectivity index (χ0) is 19.9. The van der Waals surface area contributed by atoms with Gasteiger partial charge in [0.1, 0.15) is 17.3 Å². The number of methoxy groups -OCH3 is 2. The van der Waals surface area contributed by atoms with Crippen LogP contribution in [0.1, 0.15) is 11.1 Å². The number of hydrogen-bond donors (Lipinski definition) is 1. The van der Waals surface area contributed by atoms with Crippen LogP contribution in [0.4, 0.5) is 5.82 Å². The van der Waals surface area contributed by atoms with E-state index in [-0.39, 0.29) is 5.91 Å². The second-order valence-corrected chi connectivity index (χ2v) is 6.41. The molecule has 0 saturated carbocycles. The molecule has 6 nitrogen and oxygen atoms in total. The van der Waals surface area contributed by atoms with Crippen molar-refractivity contribution in [1.82, 2.24) is 9.78 Å². The van der Waals surface area contributed by atoms with E-state index < -0.39 is 0 Å². The minimum Gasteiger partial charge on any atom is -0.497 e. The predicted molar refractivity (Wildman–Crippen MR) is 110 cm³/mol. The van der Waals surface area contributed by atoms with Gasteiger partial charge in [-0.05, 0) is 41.5 Å². The van der Waals surface area contributed by atoms with Crippen molar-refractivity contribution in [3.8, 4) is 11.5 Å². The summed E-state index contributed by atoms with van der Waals surface area (Å²) >= 11 is 5.91. The molecule has 0 aliphatic heterocycles. The molecule has 0 fully saturated rings. The number of ether oxygens (including phenoxy) is 2. The quantitative estimate of drug-likeness (QED) is 0.605. The minimum atomic E-state index is -0.264.